The Labute approximate surface area is 157 Å². The molecule has 0 atom stereocenters. The van der Waals surface area contributed by atoms with Gasteiger partial charge in [0.15, 0.2) is 5.82 Å². The van der Waals surface area contributed by atoms with Gasteiger partial charge in [0.25, 0.3) is 6.47 Å². The van der Waals surface area contributed by atoms with Gasteiger partial charge < -0.3 is 24.4 Å². The molecule has 2 N–H and O–H groups in total. The number of piperidine rings is 1. The Bertz CT molecular complexity index is 717. The lowest BCUT2D eigenvalue weighted by atomic mass is 10.1. The number of aromatic amines is 1. The van der Waals surface area contributed by atoms with E-state index in [0.717, 1.165) is 25.9 Å². The van der Waals surface area contributed by atoms with Gasteiger partial charge in [0.05, 0.1) is 25.6 Å². The minimum absolute atomic E-state index is 0.168. The quantitative estimate of drug-likeness (QED) is 0.468. The van der Waals surface area contributed by atoms with Gasteiger partial charge >= 0.3 is 0 Å². The highest BCUT2D eigenvalue weighted by Gasteiger charge is 2.18. The van der Waals surface area contributed by atoms with Crippen molar-refractivity contribution in [2.24, 2.45) is 0 Å². The van der Waals surface area contributed by atoms with E-state index < -0.39 is 0 Å². The first-order valence-corrected chi connectivity index (χ1v) is 8.90. The van der Waals surface area contributed by atoms with Crippen LogP contribution in [-0.4, -0.2) is 71.0 Å². The number of carbonyl (C=O) groups is 1. The van der Waals surface area contributed by atoms with Crippen LogP contribution < -0.4 is 14.8 Å². The Hall–Kier alpha value is -2.88. The highest BCUT2D eigenvalue weighted by molar-refractivity contribution is 5.52. The molecule has 0 radical (unpaired) electrons. The Morgan fingerprint density at radius 1 is 1.30 bits per heavy atom. The second kappa shape index (κ2) is 9.72. The summed E-state index contributed by atoms with van der Waals surface area (Å²) in [6.07, 6.45) is 5.95. The van der Waals surface area contributed by atoms with Crippen molar-refractivity contribution < 1.29 is 19.0 Å². The van der Waals surface area contributed by atoms with E-state index in [-0.39, 0.29) is 6.10 Å². The molecule has 10 heteroatoms. The third kappa shape index (κ3) is 6.10. The van der Waals surface area contributed by atoms with Crippen LogP contribution in [-0.2, 0) is 9.53 Å². The molecule has 0 aliphatic carbocycles. The zero-order valence-electron chi connectivity index (χ0n) is 15.3. The van der Waals surface area contributed by atoms with E-state index >= 15 is 0 Å². The summed E-state index contributed by atoms with van der Waals surface area (Å²) in [6.45, 7) is 3.18. The van der Waals surface area contributed by atoms with Crippen molar-refractivity contribution in [2.75, 3.05) is 38.7 Å². The molecule has 0 bridgehead atoms. The van der Waals surface area contributed by atoms with Crippen molar-refractivity contribution in [1.29, 1.82) is 0 Å². The summed E-state index contributed by atoms with van der Waals surface area (Å²) < 4.78 is 16.0. The zero-order chi connectivity index (χ0) is 18.9. The fraction of sp³-hybridized carbons (Fsp3) is 0.529. The Morgan fingerprint density at radius 3 is 2.96 bits per heavy atom. The molecule has 3 heterocycles. The largest absolute Gasteiger partial charge is 0.476 e. The second-order valence-corrected chi connectivity index (χ2v) is 6.28. The maximum Gasteiger partial charge on any atom is 0.293 e. The van der Waals surface area contributed by atoms with Gasteiger partial charge in [-0.3, -0.25) is 14.9 Å². The summed E-state index contributed by atoms with van der Waals surface area (Å²) in [6, 6.07) is 1.72. The van der Waals surface area contributed by atoms with Crippen LogP contribution in [0.15, 0.2) is 18.5 Å². The standard InChI is InChI=1S/C17H24N6O4/c1-23-5-3-13(4-6-23)27-17-11-18-10-15(20-17)19-14-9-16(22-21-14)26-8-2-7-25-12-24/h9-13H,2-8H2,1H3,(H2,19,20,21,22). The van der Waals surface area contributed by atoms with Crippen molar-refractivity contribution in [2.45, 2.75) is 25.4 Å². The lowest BCUT2D eigenvalue weighted by Gasteiger charge is -2.28. The molecular weight excluding hydrogens is 352 g/mol. The molecular formula is C17H24N6O4. The summed E-state index contributed by atoms with van der Waals surface area (Å²) in [5.41, 5.74) is 0. The number of nitrogens with one attached hydrogen (secondary N) is 2. The highest BCUT2D eigenvalue weighted by atomic mass is 16.5. The van der Waals surface area contributed by atoms with E-state index in [1.54, 1.807) is 18.5 Å². The average molecular weight is 376 g/mol. The van der Waals surface area contributed by atoms with Crippen molar-refractivity contribution in [3.63, 3.8) is 0 Å². The molecule has 1 aliphatic heterocycles. The lowest BCUT2D eigenvalue weighted by molar-refractivity contribution is -0.128. The number of carbonyl (C=O) groups excluding carboxylic acids is 1. The SMILES string of the molecule is CN1CCC(Oc2cncc(Nc3cc(OCCCOC=O)n[nH]3)n2)CC1. The number of hydrogen-bond acceptors (Lipinski definition) is 9. The van der Waals surface area contributed by atoms with Gasteiger partial charge in [-0.1, -0.05) is 0 Å². The van der Waals surface area contributed by atoms with Crippen LogP contribution >= 0.6 is 0 Å². The Balaban J connectivity index is 1.48. The molecule has 146 valence electrons. The monoisotopic (exact) mass is 376 g/mol. The third-order valence-corrected chi connectivity index (χ3v) is 4.11. The number of hydrogen-bond donors (Lipinski definition) is 2. The van der Waals surface area contributed by atoms with Crippen LogP contribution in [0.4, 0.5) is 11.6 Å². The van der Waals surface area contributed by atoms with Gasteiger partial charge in [-0.25, -0.2) is 0 Å². The maximum atomic E-state index is 10.1. The van der Waals surface area contributed by atoms with E-state index in [2.05, 4.69) is 42.2 Å². The van der Waals surface area contributed by atoms with Crippen molar-refractivity contribution in [3.05, 3.63) is 18.5 Å². The molecule has 3 rings (SSSR count). The first-order chi connectivity index (χ1) is 13.2. The molecule has 1 fully saturated rings. The Kier molecular flexibility index (Phi) is 6.80. The summed E-state index contributed by atoms with van der Waals surface area (Å²) in [4.78, 5) is 21.0. The summed E-state index contributed by atoms with van der Waals surface area (Å²) in [7, 11) is 2.11. The first-order valence-electron chi connectivity index (χ1n) is 8.90. The number of anilines is 2. The molecule has 10 nitrogen and oxygen atoms in total. The highest BCUT2D eigenvalue weighted by Crippen LogP contribution is 2.20. The Morgan fingerprint density at radius 2 is 2.15 bits per heavy atom. The van der Waals surface area contributed by atoms with Gasteiger partial charge in [-0.05, 0) is 19.9 Å². The number of rotatable bonds is 10. The van der Waals surface area contributed by atoms with Gasteiger partial charge in [0.2, 0.25) is 11.8 Å². The molecule has 2 aromatic rings. The summed E-state index contributed by atoms with van der Waals surface area (Å²) >= 11 is 0. The first kappa shape index (κ1) is 18.9. The normalized spacial score (nSPS) is 15.3. The van der Waals surface area contributed by atoms with Gasteiger partial charge in [0.1, 0.15) is 11.9 Å². The maximum absolute atomic E-state index is 10.1. The predicted octanol–water partition coefficient (Wildman–Crippen LogP) is 1.36. The lowest BCUT2D eigenvalue weighted by Crippen LogP contribution is -2.35. The van der Waals surface area contributed by atoms with E-state index in [1.165, 1.54) is 0 Å². The van der Waals surface area contributed by atoms with Gasteiger partial charge in [-0.2, -0.15) is 4.98 Å². The zero-order valence-corrected chi connectivity index (χ0v) is 15.3. The fourth-order valence-corrected chi connectivity index (χ4v) is 2.69. The van der Waals surface area contributed by atoms with Gasteiger partial charge in [-0.15, -0.1) is 5.10 Å². The van der Waals surface area contributed by atoms with Crippen LogP contribution in [0, 0.1) is 0 Å². The van der Waals surface area contributed by atoms with E-state index in [4.69, 9.17) is 9.47 Å². The van der Waals surface area contributed by atoms with E-state index in [1.807, 2.05) is 0 Å². The fourth-order valence-electron chi connectivity index (χ4n) is 2.69. The van der Waals surface area contributed by atoms with E-state index in [0.29, 0.717) is 49.5 Å². The predicted molar refractivity (Wildman–Crippen MR) is 97.2 cm³/mol. The number of nitrogens with zero attached hydrogens (tertiary/aromatic N) is 4. The van der Waals surface area contributed by atoms with Crippen LogP contribution in [0.25, 0.3) is 0 Å². The van der Waals surface area contributed by atoms with Crippen LogP contribution in [0.5, 0.6) is 11.8 Å². The van der Waals surface area contributed by atoms with Crippen molar-refractivity contribution >= 4 is 18.1 Å². The van der Waals surface area contributed by atoms with Crippen molar-refractivity contribution in [1.82, 2.24) is 25.1 Å². The molecule has 2 aromatic heterocycles. The molecule has 0 saturated carbocycles. The van der Waals surface area contributed by atoms with Crippen LogP contribution in [0.2, 0.25) is 0 Å². The molecule has 1 saturated heterocycles. The topological polar surface area (TPSA) is 114 Å². The summed E-state index contributed by atoms with van der Waals surface area (Å²) in [5.74, 6) is 2.12. The minimum Gasteiger partial charge on any atom is -0.476 e. The molecule has 0 unspecified atom stereocenters. The van der Waals surface area contributed by atoms with Gasteiger partial charge in [0, 0.05) is 25.6 Å². The van der Waals surface area contributed by atoms with Crippen LogP contribution in [0.3, 0.4) is 0 Å². The molecule has 0 amide bonds. The molecule has 27 heavy (non-hydrogen) atoms. The number of aromatic nitrogens is 4. The number of likely N-dealkylation sites (tertiary alicyclic amines) is 1. The van der Waals surface area contributed by atoms with Crippen molar-refractivity contribution in [3.8, 4) is 11.8 Å². The number of H-pyrrole nitrogens is 1. The average Bonchev–Trinajstić information content (AvgIpc) is 3.11. The summed E-state index contributed by atoms with van der Waals surface area (Å²) in [5, 5.41) is 9.96. The third-order valence-electron chi connectivity index (χ3n) is 4.11. The van der Waals surface area contributed by atoms with Crippen LogP contribution in [0.1, 0.15) is 19.3 Å². The second-order valence-electron chi connectivity index (χ2n) is 6.28. The minimum atomic E-state index is 0.168. The van der Waals surface area contributed by atoms with E-state index in [9.17, 15) is 4.79 Å². The molecule has 0 aromatic carbocycles. The number of ether oxygens (including phenoxy) is 3. The molecule has 0 spiro atoms. The molecule has 1 aliphatic rings. The smallest absolute Gasteiger partial charge is 0.293 e.